The number of anilines is 2. The lowest BCUT2D eigenvalue weighted by molar-refractivity contribution is -0.131. The molecule has 3 amide bonds. The molecule has 2 aromatic rings. The van der Waals surface area contributed by atoms with Crippen molar-refractivity contribution >= 4 is 29.2 Å². The summed E-state index contributed by atoms with van der Waals surface area (Å²) in [4.78, 5) is 45.8. The van der Waals surface area contributed by atoms with Crippen molar-refractivity contribution in [3.8, 4) is 0 Å². The Morgan fingerprint density at radius 2 is 1.79 bits per heavy atom. The molecule has 1 saturated heterocycles. The van der Waals surface area contributed by atoms with Crippen molar-refractivity contribution < 1.29 is 14.4 Å². The second kappa shape index (κ2) is 8.30. The number of pyridine rings is 1. The highest BCUT2D eigenvalue weighted by atomic mass is 16.2. The summed E-state index contributed by atoms with van der Waals surface area (Å²) in [6.45, 7) is 2.67. The van der Waals surface area contributed by atoms with Gasteiger partial charge in [0.05, 0.1) is 11.3 Å². The Hall–Kier alpha value is -3.42. The highest BCUT2D eigenvalue weighted by Crippen LogP contribution is 2.20. The van der Waals surface area contributed by atoms with E-state index in [4.69, 9.17) is 0 Å². The number of fused-ring (bicyclic) bond motifs is 1. The summed E-state index contributed by atoms with van der Waals surface area (Å²) in [5.41, 5.74) is 0.926. The zero-order chi connectivity index (χ0) is 20.2. The molecular formula is C21H23N5O3. The van der Waals surface area contributed by atoms with Crippen LogP contribution >= 0.6 is 0 Å². The standard InChI is InChI=1S/C21H23N5O3/c27-19(26-13-11-25(12-14-26)18-7-3-4-10-22-18)9-8-17-21(29)23-16-6-2-1-5-15(16)20(28)24-17/h1-7,10,17H,8-9,11-14H2,(H,23,29)(H,24,28)/t17-/m1/s1. The Morgan fingerprint density at radius 1 is 1.03 bits per heavy atom. The molecule has 3 heterocycles. The average molecular weight is 393 g/mol. The van der Waals surface area contributed by atoms with Gasteiger partial charge in [-0.1, -0.05) is 18.2 Å². The molecule has 4 rings (SSSR count). The number of amides is 3. The lowest BCUT2D eigenvalue weighted by atomic mass is 10.1. The van der Waals surface area contributed by atoms with Crippen molar-refractivity contribution in [1.29, 1.82) is 0 Å². The van der Waals surface area contributed by atoms with Crippen molar-refractivity contribution in [3.05, 3.63) is 54.2 Å². The van der Waals surface area contributed by atoms with Gasteiger partial charge in [-0.2, -0.15) is 0 Å². The maximum atomic E-state index is 12.6. The molecule has 0 spiro atoms. The third-order valence-electron chi connectivity index (χ3n) is 5.30. The Balaban J connectivity index is 1.30. The van der Waals surface area contributed by atoms with E-state index >= 15 is 0 Å². The fraction of sp³-hybridized carbons (Fsp3) is 0.333. The van der Waals surface area contributed by atoms with Crippen molar-refractivity contribution in [1.82, 2.24) is 15.2 Å². The lowest BCUT2D eigenvalue weighted by Gasteiger charge is -2.35. The smallest absolute Gasteiger partial charge is 0.254 e. The van der Waals surface area contributed by atoms with Crippen LogP contribution in [0.4, 0.5) is 11.5 Å². The Bertz CT molecular complexity index is 910. The second-order valence-electron chi connectivity index (χ2n) is 7.16. The fourth-order valence-corrected chi connectivity index (χ4v) is 3.67. The van der Waals surface area contributed by atoms with Gasteiger partial charge in [0.25, 0.3) is 5.91 Å². The van der Waals surface area contributed by atoms with Gasteiger partial charge >= 0.3 is 0 Å². The molecule has 0 unspecified atom stereocenters. The highest BCUT2D eigenvalue weighted by molar-refractivity contribution is 6.09. The van der Waals surface area contributed by atoms with Crippen LogP contribution in [-0.2, 0) is 9.59 Å². The summed E-state index contributed by atoms with van der Waals surface area (Å²) in [7, 11) is 0. The van der Waals surface area contributed by atoms with Crippen LogP contribution in [0.3, 0.4) is 0 Å². The maximum Gasteiger partial charge on any atom is 0.254 e. The Labute approximate surface area is 168 Å². The number of para-hydroxylation sites is 1. The lowest BCUT2D eigenvalue weighted by Crippen LogP contribution is -2.49. The molecule has 29 heavy (non-hydrogen) atoms. The van der Waals surface area contributed by atoms with E-state index in [-0.39, 0.29) is 30.6 Å². The predicted octanol–water partition coefficient (Wildman–Crippen LogP) is 1.26. The van der Waals surface area contributed by atoms with E-state index < -0.39 is 6.04 Å². The maximum absolute atomic E-state index is 12.6. The molecule has 8 nitrogen and oxygen atoms in total. The molecule has 0 saturated carbocycles. The number of rotatable bonds is 4. The SMILES string of the molecule is O=C1N[C@H](CCC(=O)N2CCN(c3ccccn3)CC2)C(=O)Nc2ccccc21. The van der Waals surface area contributed by atoms with E-state index in [0.717, 1.165) is 18.9 Å². The molecule has 0 aliphatic carbocycles. The highest BCUT2D eigenvalue weighted by Gasteiger charge is 2.29. The minimum Gasteiger partial charge on any atom is -0.353 e. The molecule has 1 aromatic carbocycles. The monoisotopic (exact) mass is 393 g/mol. The number of aromatic nitrogens is 1. The van der Waals surface area contributed by atoms with Crippen LogP contribution < -0.4 is 15.5 Å². The molecule has 2 aliphatic heterocycles. The topological polar surface area (TPSA) is 94.6 Å². The van der Waals surface area contributed by atoms with Crippen molar-refractivity contribution in [2.75, 3.05) is 36.4 Å². The van der Waals surface area contributed by atoms with Crippen LogP contribution in [0.25, 0.3) is 0 Å². The van der Waals surface area contributed by atoms with E-state index in [1.165, 1.54) is 0 Å². The van der Waals surface area contributed by atoms with Crippen molar-refractivity contribution in [3.63, 3.8) is 0 Å². The molecule has 0 radical (unpaired) electrons. The largest absolute Gasteiger partial charge is 0.353 e. The molecule has 1 fully saturated rings. The second-order valence-corrected chi connectivity index (χ2v) is 7.16. The first-order valence-corrected chi connectivity index (χ1v) is 9.76. The van der Waals surface area contributed by atoms with E-state index in [9.17, 15) is 14.4 Å². The van der Waals surface area contributed by atoms with E-state index in [1.807, 2.05) is 23.1 Å². The van der Waals surface area contributed by atoms with Gasteiger partial charge in [-0.15, -0.1) is 0 Å². The summed E-state index contributed by atoms with van der Waals surface area (Å²) >= 11 is 0. The van der Waals surface area contributed by atoms with Crippen LogP contribution in [0.15, 0.2) is 48.7 Å². The molecular weight excluding hydrogens is 370 g/mol. The van der Waals surface area contributed by atoms with Crippen LogP contribution in [0.2, 0.25) is 0 Å². The van der Waals surface area contributed by atoms with Gasteiger partial charge in [-0.3, -0.25) is 14.4 Å². The first-order chi connectivity index (χ1) is 14.1. The van der Waals surface area contributed by atoms with Gasteiger partial charge in [0, 0.05) is 38.8 Å². The fourth-order valence-electron chi connectivity index (χ4n) is 3.67. The molecule has 150 valence electrons. The van der Waals surface area contributed by atoms with E-state index in [0.29, 0.717) is 24.3 Å². The number of hydrogen-bond acceptors (Lipinski definition) is 5. The number of benzene rings is 1. The summed E-state index contributed by atoms with van der Waals surface area (Å²) in [5.74, 6) is 0.308. The third kappa shape index (κ3) is 4.21. The number of carbonyl (C=O) groups is 3. The van der Waals surface area contributed by atoms with Gasteiger partial charge in [0.15, 0.2) is 0 Å². The van der Waals surface area contributed by atoms with Crippen molar-refractivity contribution in [2.24, 2.45) is 0 Å². The van der Waals surface area contributed by atoms with E-state index in [2.05, 4.69) is 20.5 Å². The van der Waals surface area contributed by atoms with Gasteiger partial charge in [-0.05, 0) is 30.7 Å². The van der Waals surface area contributed by atoms with Gasteiger partial charge < -0.3 is 20.4 Å². The van der Waals surface area contributed by atoms with Crippen LogP contribution in [0, 0.1) is 0 Å². The zero-order valence-corrected chi connectivity index (χ0v) is 16.0. The number of nitrogens with one attached hydrogen (secondary N) is 2. The summed E-state index contributed by atoms with van der Waals surface area (Å²) < 4.78 is 0. The normalized spacial score (nSPS) is 19.1. The molecule has 2 N–H and O–H groups in total. The quantitative estimate of drug-likeness (QED) is 0.816. The summed E-state index contributed by atoms with van der Waals surface area (Å²) in [6.07, 6.45) is 2.24. The van der Waals surface area contributed by atoms with Gasteiger partial charge in [0.2, 0.25) is 11.8 Å². The first kappa shape index (κ1) is 18.9. The number of piperazine rings is 1. The van der Waals surface area contributed by atoms with Gasteiger partial charge in [0.1, 0.15) is 11.9 Å². The predicted molar refractivity (Wildman–Crippen MR) is 109 cm³/mol. The van der Waals surface area contributed by atoms with Crippen LogP contribution in [0.1, 0.15) is 23.2 Å². The molecule has 1 aromatic heterocycles. The zero-order valence-electron chi connectivity index (χ0n) is 16.0. The Morgan fingerprint density at radius 3 is 2.55 bits per heavy atom. The van der Waals surface area contributed by atoms with Crippen molar-refractivity contribution in [2.45, 2.75) is 18.9 Å². The number of carbonyl (C=O) groups excluding carboxylic acids is 3. The molecule has 0 bridgehead atoms. The van der Waals surface area contributed by atoms with Crippen LogP contribution in [-0.4, -0.2) is 59.8 Å². The molecule has 2 aliphatic rings. The average Bonchev–Trinajstić information content (AvgIpc) is 2.88. The van der Waals surface area contributed by atoms with Crippen LogP contribution in [0.5, 0.6) is 0 Å². The first-order valence-electron chi connectivity index (χ1n) is 9.76. The third-order valence-corrected chi connectivity index (χ3v) is 5.30. The minimum absolute atomic E-state index is 0.00511. The number of hydrogen-bond donors (Lipinski definition) is 2. The van der Waals surface area contributed by atoms with E-state index in [1.54, 1.807) is 30.5 Å². The Kier molecular flexibility index (Phi) is 5.41. The number of nitrogens with zero attached hydrogens (tertiary/aromatic N) is 3. The van der Waals surface area contributed by atoms with Gasteiger partial charge in [-0.25, -0.2) is 4.98 Å². The summed E-state index contributed by atoms with van der Waals surface area (Å²) in [5, 5.41) is 5.50. The molecule has 1 atom stereocenters. The minimum atomic E-state index is -0.728. The summed E-state index contributed by atoms with van der Waals surface area (Å²) in [6, 6.07) is 11.9. The molecule has 8 heteroatoms.